The number of benzene rings is 4. The molecule has 0 spiro atoms. The number of hydrogen-bond acceptors (Lipinski definition) is 0. The van der Waals surface area contributed by atoms with Crippen LogP contribution in [0.2, 0.25) is 23.1 Å². The van der Waals surface area contributed by atoms with Gasteiger partial charge in [-0.1, -0.05) is 0 Å². The molecule has 0 saturated carbocycles. The molecule has 0 saturated heterocycles. The van der Waals surface area contributed by atoms with Crippen LogP contribution in [0.15, 0.2) is 96.1 Å². The molecule has 2 unspecified atom stereocenters. The van der Waals surface area contributed by atoms with E-state index in [4.69, 9.17) is 23.2 Å². The van der Waals surface area contributed by atoms with Gasteiger partial charge in [0.25, 0.3) is 0 Å². The Labute approximate surface area is 281 Å². The van der Waals surface area contributed by atoms with Gasteiger partial charge in [-0.2, -0.15) is 0 Å². The molecule has 0 amide bonds. The molecule has 6 heteroatoms. The summed E-state index contributed by atoms with van der Waals surface area (Å²) in [5.74, 6) is 0. The van der Waals surface area contributed by atoms with Crippen LogP contribution in [-0.2, 0) is 20.4 Å². The van der Waals surface area contributed by atoms with Crippen LogP contribution in [0.5, 0.6) is 0 Å². The summed E-state index contributed by atoms with van der Waals surface area (Å²) in [7, 11) is 0. The van der Waals surface area contributed by atoms with E-state index < -0.39 is 25.8 Å². The van der Waals surface area contributed by atoms with Crippen molar-refractivity contribution in [1.82, 2.24) is 0 Å². The first-order valence-corrected chi connectivity index (χ1v) is 24.0. The number of allylic oxidation sites excluding steroid dienone is 2. The quantitative estimate of drug-likeness (QED) is 0.227. The van der Waals surface area contributed by atoms with Crippen molar-refractivity contribution in [2.24, 2.45) is 0 Å². The van der Waals surface area contributed by atoms with E-state index in [2.05, 4.69) is 99.8 Å². The van der Waals surface area contributed by atoms with Gasteiger partial charge in [-0.25, -0.2) is 0 Å². The molecule has 0 heterocycles. The van der Waals surface area contributed by atoms with Crippen LogP contribution >= 0.6 is 23.2 Å². The van der Waals surface area contributed by atoms with Crippen molar-refractivity contribution in [1.29, 1.82) is 0 Å². The first-order chi connectivity index (χ1) is 19.4. The van der Waals surface area contributed by atoms with Crippen LogP contribution in [0.4, 0.5) is 0 Å². The van der Waals surface area contributed by atoms with Crippen LogP contribution in [0.3, 0.4) is 0 Å². The summed E-state index contributed by atoms with van der Waals surface area (Å²) in [4.78, 5) is 0. The Bertz CT molecular complexity index is 1580. The van der Waals surface area contributed by atoms with E-state index in [-0.39, 0.29) is 24.8 Å². The molecule has 2 atom stereocenters. The maximum Gasteiger partial charge on any atom is -1.00 e. The third-order valence-corrected chi connectivity index (χ3v) is 28.6. The summed E-state index contributed by atoms with van der Waals surface area (Å²) < 4.78 is 1.26. The molecule has 214 valence electrons. The van der Waals surface area contributed by atoms with Gasteiger partial charge >= 0.3 is 259 Å². The SMILES string of the molecule is CCC1=Cc2c(-c3ccc(Cl)cc3)cccc2[CH]1[Zr+2]([CH]1C(CC)=Cc2c(-c3ccc(Cl)cc3)cccc21)=[Si](C)C.[Cl-].[Cl-]. The van der Waals surface area contributed by atoms with Gasteiger partial charge in [-0.05, 0) is 0 Å². The van der Waals surface area contributed by atoms with Gasteiger partial charge in [0.05, 0.1) is 0 Å². The Balaban J connectivity index is 0.00000202. The van der Waals surface area contributed by atoms with Crippen LogP contribution in [0.25, 0.3) is 34.4 Å². The van der Waals surface area contributed by atoms with Crippen LogP contribution < -0.4 is 24.8 Å². The fourth-order valence-corrected chi connectivity index (χ4v) is 27.8. The zero-order valence-corrected chi connectivity index (χ0v) is 30.8. The normalized spacial score (nSPS) is 16.2. The molecule has 2 aliphatic rings. The number of hydrogen-bond donors (Lipinski definition) is 0. The molecule has 2 aliphatic carbocycles. The second kappa shape index (κ2) is 14.2. The smallest absolute Gasteiger partial charge is 1.00 e. The van der Waals surface area contributed by atoms with Crippen LogP contribution in [-0.4, -0.2) is 5.43 Å². The molecule has 42 heavy (non-hydrogen) atoms. The van der Waals surface area contributed by atoms with Crippen LogP contribution in [0, 0.1) is 0 Å². The topological polar surface area (TPSA) is 0 Å². The molecule has 0 nitrogen and oxygen atoms in total. The van der Waals surface area contributed by atoms with Gasteiger partial charge in [0.2, 0.25) is 0 Å². The summed E-state index contributed by atoms with van der Waals surface area (Å²) in [5.41, 5.74) is 14.1. The summed E-state index contributed by atoms with van der Waals surface area (Å²) in [6, 6.07) is 30.8. The number of rotatable bonds is 6. The summed E-state index contributed by atoms with van der Waals surface area (Å²) in [6.45, 7) is 9.95. The third-order valence-electron chi connectivity index (χ3n) is 8.63. The maximum atomic E-state index is 6.25. The first-order valence-electron chi connectivity index (χ1n) is 14.3. The number of halogens is 4. The van der Waals surface area contributed by atoms with E-state index in [1.54, 1.807) is 22.3 Å². The van der Waals surface area contributed by atoms with Crippen molar-refractivity contribution < 1.29 is 45.2 Å². The molecule has 4 aromatic rings. The average molecular weight is 728 g/mol. The van der Waals surface area contributed by atoms with Gasteiger partial charge in [0.15, 0.2) is 0 Å². The Morgan fingerprint density at radius 3 is 1.31 bits per heavy atom. The zero-order chi connectivity index (χ0) is 28.0. The van der Waals surface area contributed by atoms with Crippen molar-refractivity contribution >= 4 is 40.8 Å². The third kappa shape index (κ3) is 6.10. The van der Waals surface area contributed by atoms with Gasteiger partial charge in [0.1, 0.15) is 0 Å². The second-order valence-corrected chi connectivity index (χ2v) is 29.8. The van der Waals surface area contributed by atoms with Gasteiger partial charge in [-0.15, -0.1) is 0 Å². The van der Waals surface area contributed by atoms with Crippen molar-refractivity contribution in [3.05, 3.63) is 128 Å². The Morgan fingerprint density at radius 2 is 0.976 bits per heavy atom. The summed E-state index contributed by atoms with van der Waals surface area (Å²) in [5, 5.41) is 1.58. The molecular weight excluding hydrogens is 694 g/mol. The van der Waals surface area contributed by atoms with Crippen molar-refractivity contribution in [2.75, 3.05) is 0 Å². The van der Waals surface area contributed by atoms with E-state index in [0.717, 1.165) is 22.9 Å². The Kier molecular flexibility index (Phi) is 11.3. The number of fused-ring (bicyclic) bond motifs is 2. The minimum absolute atomic E-state index is 0. The average Bonchev–Trinajstić information content (AvgIpc) is 3.53. The van der Waals surface area contributed by atoms with E-state index in [0.29, 0.717) is 7.25 Å². The van der Waals surface area contributed by atoms with Crippen LogP contribution in [0.1, 0.15) is 56.2 Å². The Hall–Kier alpha value is -1.38. The van der Waals surface area contributed by atoms with E-state index in [1.165, 1.54) is 33.4 Å². The molecular formula is C36H34Cl4SiZr. The zero-order valence-electron chi connectivity index (χ0n) is 24.3. The van der Waals surface area contributed by atoms with Crippen molar-refractivity contribution in [3.63, 3.8) is 0 Å². The predicted octanol–water partition coefficient (Wildman–Crippen LogP) is 5.60. The van der Waals surface area contributed by atoms with Crippen molar-refractivity contribution in [2.45, 2.75) is 47.0 Å². The van der Waals surface area contributed by atoms with Gasteiger partial charge < -0.3 is 24.8 Å². The van der Waals surface area contributed by atoms with Crippen molar-refractivity contribution in [3.8, 4) is 22.3 Å². The molecule has 0 aromatic heterocycles. The standard InChI is InChI=1S/2C17H14Cl.C2H6Si.2ClH.Zr/c2*1-2-12-10-14-4-3-5-16(17(14)11-12)13-6-8-15(18)9-7-13;1-3-2;;;/h2*3-11H,2H2,1H3;1-2H3;2*1H;/q;;;;;+2/p-2. The largest absolute Gasteiger partial charge is 1.00 e. The van der Waals surface area contributed by atoms with E-state index >= 15 is 0 Å². The molecule has 0 aliphatic heterocycles. The fourth-order valence-electron chi connectivity index (χ4n) is 6.78. The van der Waals surface area contributed by atoms with E-state index in [9.17, 15) is 0 Å². The minimum Gasteiger partial charge on any atom is -1.00 e. The Morgan fingerprint density at radius 1 is 0.595 bits per heavy atom. The molecule has 0 N–H and O–H groups in total. The molecule has 0 radical (unpaired) electrons. The predicted molar refractivity (Wildman–Crippen MR) is 173 cm³/mol. The molecule has 4 aromatic carbocycles. The molecule has 0 bridgehead atoms. The van der Waals surface area contributed by atoms with E-state index in [1.807, 2.05) is 24.3 Å². The summed E-state index contributed by atoms with van der Waals surface area (Å²) >= 11 is 10.3. The maximum absolute atomic E-state index is 6.25. The second-order valence-electron chi connectivity index (χ2n) is 11.1. The fraction of sp³-hybridized carbons (Fsp3) is 0.222. The first kappa shape index (κ1) is 33.5. The summed E-state index contributed by atoms with van der Waals surface area (Å²) in [6.07, 6.45) is 7.36. The van der Waals surface area contributed by atoms with Gasteiger partial charge in [-0.3, -0.25) is 0 Å². The monoisotopic (exact) mass is 724 g/mol. The molecule has 6 rings (SSSR count). The van der Waals surface area contributed by atoms with Gasteiger partial charge in [0, 0.05) is 0 Å². The minimum atomic E-state index is -2.16. The molecule has 0 fully saturated rings.